The molecule has 0 saturated carbocycles. The number of hydrogen-bond acceptors (Lipinski definition) is 14. The number of aromatic nitrogens is 4. The molecule has 660 valence electrons. The number of sulfone groups is 4. The van der Waals surface area contributed by atoms with E-state index in [4.69, 9.17) is 9.47 Å². The summed E-state index contributed by atoms with van der Waals surface area (Å²) in [5.74, 6) is 2.36. The zero-order valence-corrected chi connectivity index (χ0v) is 78.2. The highest BCUT2D eigenvalue weighted by Gasteiger charge is 2.21. The Balaban J connectivity index is 0.000000148. The van der Waals surface area contributed by atoms with Gasteiger partial charge in [-0.05, 0) is 260 Å². The van der Waals surface area contributed by atoms with Crippen LogP contribution in [0.25, 0.3) is 137 Å². The minimum Gasteiger partial charge on any atom is -0.496 e. The van der Waals surface area contributed by atoms with E-state index in [-0.39, 0.29) is 21.4 Å². The molecular formula is C110H102F2N4O10S4. The van der Waals surface area contributed by atoms with Crippen molar-refractivity contribution in [2.24, 2.45) is 0 Å². The predicted octanol–water partition coefficient (Wildman–Crippen LogP) is 26.7. The van der Waals surface area contributed by atoms with E-state index in [1.54, 1.807) is 136 Å². The van der Waals surface area contributed by atoms with Crippen LogP contribution in [0.5, 0.6) is 11.5 Å². The molecule has 0 N–H and O–H groups in total. The smallest absolute Gasteiger partial charge is 0.175 e. The van der Waals surface area contributed by atoms with Crippen molar-refractivity contribution in [1.29, 1.82) is 0 Å². The van der Waals surface area contributed by atoms with Crippen LogP contribution in [0.15, 0.2) is 311 Å². The molecule has 0 aliphatic rings. The first kappa shape index (κ1) is 94.1. The zero-order chi connectivity index (χ0) is 92.9. The Bertz CT molecular complexity index is 7280. The lowest BCUT2D eigenvalue weighted by Gasteiger charge is -2.15. The summed E-state index contributed by atoms with van der Waals surface area (Å²) in [6.07, 6.45) is 27.3. The number of nitrogens with zero attached hydrogens (tertiary/aromatic N) is 4. The van der Waals surface area contributed by atoms with Crippen LogP contribution in [-0.4, -0.2) is 92.8 Å². The van der Waals surface area contributed by atoms with Crippen LogP contribution >= 0.6 is 0 Å². The molecule has 4 heterocycles. The van der Waals surface area contributed by atoms with Crippen molar-refractivity contribution in [2.75, 3.05) is 39.2 Å². The maximum atomic E-state index is 14.9. The van der Waals surface area contributed by atoms with Crippen LogP contribution in [-0.2, 0) is 39.3 Å². The number of hydrogen-bond donors (Lipinski definition) is 0. The highest BCUT2D eigenvalue weighted by molar-refractivity contribution is 7.91. The van der Waals surface area contributed by atoms with Gasteiger partial charge in [0, 0.05) is 116 Å². The lowest BCUT2D eigenvalue weighted by Crippen LogP contribution is -1.96. The summed E-state index contributed by atoms with van der Waals surface area (Å²) in [6, 6.07) is 82.3. The maximum Gasteiger partial charge on any atom is 0.175 e. The minimum absolute atomic E-state index is 0.281. The second kappa shape index (κ2) is 40.9. The van der Waals surface area contributed by atoms with Crippen LogP contribution < -0.4 is 9.47 Å². The van der Waals surface area contributed by atoms with E-state index in [9.17, 15) is 42.5 Å². The second-order valence-electron chi connectivity index (χ2n) is 33.3. The van der Waals surface area contributed by atoms with Gasteiger partial charge in [0.2, 0.25) is 0 Å². The Morgan fingerprint density at radius 1 is 0.262 bits per heavy atom. The molecule has 0 aliphatic heterocycles. The second-order valence-corrected chi connectivity index (χ2v) is 41.3. The van der Waals surface area contributed by atoms with Crippen molar-refractivity contribution in [3.8, 4) is 56.0 Å². The average Bonchev–Trinajstić information content (AvgIpc) is 1.39. The van der Waals surface area contributed by atoms with Crippen molar-refractivity contribution in [3.63, 3.8) is 0 Å². The van der Waals surface area contributed by atoms with Gasteiger partial charge < -0.3 is 9.47 Å². The quantitative estimate of drug-likeness (QED) is 0.0579. The Kier molecular flexibility index (Phi) is 29.6. The predicted molar refractivity (Wildman–Crippen MR) is 532 cm³/mol. The Labute approximate surface area is 761 Å². The zero-order valence-electron chi connectivity index (χ0n) is 74.9. The number of methoxy groups -OCH3 is 2. The van der Waals surface area contributed by atoms with Crippen LogP contribution in [0.4, 0.5) is 8.78 Å². The van der Waals surface area contributed by atoms with E-state index in [0.717, 1.165) is 144 Å². The van der Waals surface area contributed by atoms with Gasteiger partial charge in [0.15, 0.2) is 39.3 Å². The number of pyridine rings is 4. The van der Waals surface area contributed by atoms with Gasteiger partial charge in [-0.1, -0.05) is 201 Å². The van der Waals surface area contributed by atoms with Gasteiger partial charge >= 0.3 is 0 Å². The molecule has 16 aromatic rings. The molecule has 130 heavy (non-hydrogen) atoms. The molecule has 0 spiro atoms. The van der Waals surface area contributed by atoms with E-state index in [0.29, 0.717) is 44.6 Å². The Hall–Kier alpha value is -13.5. The molecule has 14 nitrogen and oxygen atoms in total. The molecule has 0 radical (unpaired) electrons. The number of rotatable bonds is 22. The summed E-state index contributed by atoms with van der Waals surface area (Å²) in [5, 5.41) is 4.20. The summed E-state index contributed by atoms with van der Waals surface area (Å²) < 4.78 is 134. The van der Waals surface area contributed by atoms with Crippen molar-refractivity contribution in [1.82, 2.24) is 19.9 Å². The number of fused-ring (bicyclic) bond motifs is 4. The van der Waals surface area contributed by atoms with E-state index >= 15 is 0 Å². The Morgan fingerprint density at radius 3 is 0.815 bits per heavy atom. The summed E-state index contributed by atoms with van der Waals surface area (Å²) in [7, 11) is -9.53. The number of ether oxygens (including phenoxy) is 2. The van der Waals surface area contributed by atoms with Crippen molar-refractivity contribution < 1.29 is 51.9 Å². The number of halogens is 2. The summed E-state index contributed by atoms with van der Waals surface area (Å²) in [6.45, 7) is 17.2. The van der Waals surface area contributed by atoms with Crippen LogP contribution in [0.1, 0.15) is 146 Å². The third-order valence-electron chi connectivity index (χ3n) is 22.3. The van der Waals surface area contributed by atoms with Gasteiger partial charge in [-0.2, -0.15) is 0 Å². The number of benzene rings is 12. The molecule has 16 rings (SSSR count). The summed E-state index contributed by atoms with van der Waals surface area (Å²) >= 11 is 0. The van der Waals surface area contributed by atoms with Gasteiger partial charge in [-0.15, -0.1) is 0 Å². The highest BCUT2D eigenvalue weighted by atomic mass is 32.2. The fraction of sp³-hybridized carbons (Fsp3) is 0.164. The van der Waals surface area contributed by atoms with Crippen molar-refractivity contribution >= 4 is 132 Å². The van der Waals surface area contributed by atoms with Crippen LogP contribution in [0.3, 0.4) is 0 Å². The highest BCUT2D eigenvalue weighted by Crippen LogP contribution is 2.41. The van der Waals surface area contributed by atoms with Gasteiger partial charge in [0.05, 0.1) is 55.9 Å². The first-order valence-corrected chi connectivity index (χ1v) is 50.0. The molecular weight excluding hydrogens is 1700 g/mol. The summed E-state index contributed by atoms with van der Waals surface area (Å²) in [4.78, 5) is 19.5. The SMILES string of the molecule is CC(C)c1cc(-c2cc(/C=C/c3ccc(S(C)(=O)=O)cc3)ccc2F)c2ncccc2c1.CC(C)c1cc(-c2cc(/C=C\c3ccc(S(C)(=O)=O)cc3)ccc2F)c2ncccc2c1.COc1ccc(-c2cc(C(C)C)cc3cccnc23)cc1/C=C/c1ccc(S(C)(=O)=O)cc1.COc1ccc(/C=C/c2ccc(S(C)(=O)=O)cc2)cc1-c1cc(C(C)C)cc2cccnc12. The fourth-order valence-electron chi connectivity index (χ4n) is 14.9. The molecule has 0 amide bonds. The first-order valence-electron chi connectivity index (χ1n) is 42.4. The molecule has 12 aromatic carbocycles. The minimum atomic E-state index is -3.23. The lowest BCUT2D eigenvalue weighted by molar-refractivity contribution is 0.414. The normalized spacial score (nSPS) is 12.1. The molecule has 0 fully saturated rings. The van der Waals surface area contributed by atoms with Crippen molar-refractivity contribution in [2.45, 2.75) is 98.6 Å². The summed E-state index contributed by atoms with van der Waals surface area (Å²) in [5.41, 5.74) is 22.1. The first-order chi connectivity index (χ1) is 62.0. The maximum absolute atomic E-state index is 14.9. The van der Waals surface area contributed by atoms with E-state index in [1.807, 2.05) is 140 Å². The van der Waals surface area contributed by atoms with Crippen molar-refractivity contribution in [3.05, 3.63) is 370 Å². The average molecular weight is 1810 g/mol. The van der Waals surface area contributed by atoms with Crippen LogP contribution in [0.2, 0.25) is 0 Å². The molecule has 4 aromatic heterocycles. The molecule has 0 unspecified atom stereocenters. The molecule has 0 bridgehead atoms. The van der Waals surface area contributed by atoms with Crippen LogP contribution in [0, 0.1) is 11.6 Å². The van der Waals surface area contributed by atoms with E-state index in [2.05, 4.69) is 142 Å². The molecule has 0 atom stereocenters. The third-order valence-corrected chi connectivity index (χ3v) is 26.8. The third kappa shape index (κ3) is 23.5. The van der Waals surface area contributed by atoms with Gasteiger partial charge in [0.1, 0.15) is 23.1 Å². The fourth-order valence-corrected chi connectivity index (χ4v) is 17.4. The van der Waals surface area contributed by atoms with E-state index < -0.39 is 39.3 Å². The molecule has 20 heteroatoms. The monoisotopic (exact) mass is 1800 g/mol. The van der Waals surface area contributed by atoms with Gasteiger partial charge in [-0.25, -0.2) is 42.5 Å². The molecule has 0 aliphatic carbocycles. The largest absolute Gasteiger partial charge is 0.496 e. The van der Waals surface area contributed by atoms with Gasteiger partial charge in [0.25, 0.3) is 0 Å². The molecule has 0 saturated heterocycles. The standard InChI is InChI=1S/2C28H27NO3S.2C27H24FNO2S/c1-19(2)24-17-23-6-5-15-29-28(23)26(18-24)21-11-14-27(32-3)22(16-21)10-7-20-8-12-25(13-9-20)33(4,30)31;1-19(2)23-17-22-6-5-15-29-28(22)26(18-23)25-16-21(11-14-27(25)32-3)8-7-20-9-12-24(13-10-20)33(4,30)31;2*1-18(2)22-16-21-5-4-14-29-27(21)25(17-22)24-15-20(10-13-26(24)28)7-6-19-8-11-23(12-9-19)32(3,30)31/h2*5-19H,1-4H3;2*4-18H,1-3H3/b10-7+;8-7+;7-6+;7-6-. The van der Waals surface area contributed by atoms with Gasteiger partial charge in [-0.3, -0.25) is 19.9 Å². The lowest BCUT2D eigenvalue weighted by atomic mass is 9.93. The Morgan fingerprint density at radius 2 is 0.515 bits per heavy atom. The topological polar surface area (TPSA) is 207 Å². The van der Waals surface area contributed by atoms with E-state index in [1.165, 1.54) is 48.3 Å².